The topological polar surface area (TPSA) is 75.7 Å². The molecule has 0 saturated heterocycles. The number of sulfonamides is 1. The number of benzene rings is 3. The van der Waals surface area contributed by atoms with Gasteiger partial charge in [0.15, 0.2) is 0 Å². The van der Waals surface area contributed by atoms with Gasteiger partial charge in [-0.1, -0.05) is 36.4 Å². The van der Waals surface area contributed by atoms with Gasteiger partial charge in [0, 0.05) is 24.3 Å². The average Bonchev–Trinajstić information content (AvgIpc) is 2.79. The highest BCUT2D eigenvalue weighted by atomic mass is 32.2. The summed E-state index contributed by atoms with van der Waals surface area (Å²) in [5, 5.41) is 0. The molecule has 7 heteroatoms. The van der Waals surface area contributed by atoms with E-state index < -0.39 is 10.0 Å². The minimum atomic E-state index is -3.82. The van der Waals surface area contributed by atoms with Crippen molar-refractivity contribution in [1.29, 1.82) is 0 Å². The number of carbonyl (C=O) groups excluding carboxylic acids is 1. The highest BCUT2D eigenvalue weighted by Gasteiger charge is 2.24. The van der Waals surface area contributed by atoms with Crippen LogP contribution in [0.4, 0.5) is 5.69 Å². The van der Waals surface area contributed by atoms with E-state index in [9.17, 15) is 13.2 Å². The van der Waals surface area contributed by atoms with Crippen LogP contribution in [0.1, 0.15) is 28.4 Å². The van der Waals surface area contributed by atoms with Crippen molar-refractivity contribution < 1.29 is 17.9 Å². The Kier molecular flexibility index (Phi) is 5.95. The molecule has 0 aromatic heterocycles. The molecule has 0 radical (unpaired) electrons. The predicted molar refractivity (Wildman–Crippen MR) is 120 cm³/mol. The minimum Gasteiger partial charge on any atom is -0.492 e. The Morgan fingerprint density at radius 3 is 2.52 bits per heavy atom. The fraction of sp³-hybridized carbons (Fsp3) is 0.208. The van der Waals surface area contributed by atoms with Crippen LogP contribution in [0.3, 0.4) is 0 Å². The van der Waals surface area contributed by atoms with Gasteiger partial charge in [0.25, 0.3) is 15.9 Å². The van der Waals surface area contributed by atoms with Crippen LogP contribution in [0.2, 0.25) is 0 Å². The van der Waals surface area contributed by atoms with Crippen molar-refractivity contribution >= 4 is 21.6 Å². The quantitative estimate of drug-likeness (QED) is 0.632. The van der Waals surface area contributed by atoms with Crippen LogP contribution in [0.25, 0.3) is 0 Å². The summed E-state index contributed by atoms with van der Waals surface area (Å²) in [5.74, 6) is 0.290. The second-order valence-electron chi connectivity index (χ2n) is 7.31. The standard InChI is InChI=1S/C24H24N2O4S/c1-2-30-22-10-6-7-11-23(22)31(28,29)25-21-13-12-18-14-15-26(17-20(18)16-21)24(27)19-8-4-3-5-9-19/h3-13,16,25H,2,14-15,17H2,1H3. The molecule has 0 fully saturated rings. The van der Waals surface area contributed by atoms with Gasteiger partial charge in [0.1, 0.15) is 10.6 Å². The molecule has 160 valence electrons. The van der Waals surface area contributed by atoms with E-state index in [-0.39, 0.29) is 10.8 Å². The Bertz CT molecular complexity index is 1190. The van der Waals surface area contributed by atoms with E-state index in [0.717, 1.165) is 17.5 Å². The van der Waals surface area contributed by atoms with Crippen LogP contribution in [0, 0.1) is 0 Å². The number of anilines is 1. The maximum absolute atomic E-state index is 13.0. The number of para-hydroxylation sites is 1. The molecule has 1 N–H and O–H groups in total. The highest BCUT2D eigenvalue weighted by molar-refractivity contribution is 7.92. The summed E-state index contributed by atoms with van der Waals surface area (Å²) in [6, 6.07) is 21.2. The van der Waals surface area contributed by atoms with Crippen LogP contribution < -0.4 is 9.46 Å². The number of hydrogen-bond donors (Lipinski definition) is 1. The van der Waals surface area contributed by atoms with Gasteiger partial charge >= 0.3 is 0 Å². The lowest BCUT2D eigenvalue weighted by atomic mass is 9.98. The molecule has 3 aromatic carbocycles. The van der Waals surface area contributed by atoms with E-state index in [1.165, 1.54) is 6.07 Å². The van der Waals surface area contributed by atoms with Gasteiger partial charge in [0.05, 0.1) is 6.61 Å². The average molecular weight is 437 g/mol. The van der Waals surface area contributed by atoms with Crippen molar-refractivity contribution in [3.05, 3.63) is 89.5 Å². The lowest BCUT2D eigenvalue weighted by Crippen LogP contribution is -2.36. The Morgan fingerprint density at radius 2 is 1.74 bits per heavy atom. The van der Waals surface area contributed by atoms with E-state index >= 15 is 0 Å². The van der Waals surface area contributed by atoms with Crippen molar-refractivity contribution in [2.45, 2.75) is 24.8 Å². The molecule has 0 bridgehead atoms. The number of carbonyl (C=O) groups is 1. The van der Waals surface area contributed by atoms with Crippen molar-refractivity contribution in [1.82, 2.24) is 4.90 Å². The third-order valence-electron chi connectivity index (χ3n) is 5.22. The number of nitrogens with one attached hydrogen (secondary N) is 1. The molecule has 1 amide bonds. The zero-order valence-corrected chi connectivity index (χ0v) is 18.1. The third-order valence-corrected chi connectivity index (χ3v) is 6.64. The molecule has 31 heavy (non-hydrogen) atoms. The molecule has 1 aliphatic rings. The number of ether oxygens (including phenoxy) is 1. The van der Waals surface area contributed by atoms with Crippen molar-refractivity contribution in [3.8, 4) is 5.75 Å². The van der Waals surface area contributed by atoms with Gasteiger partial charge in [-0.2, -0.15) is 0 Å². The lowest BCUT2D eigenvalue weighted by Gasteiger charge is -2.29. The second kappa shape index (κ2) is 8.81. The van der Waals surface area contributed by atoms with Crippen molar-refractivity contribution in [2.24, 2.45) is 0 Å². The molecule has 0 atom stereocenters. The number of rotatable bonds is 6. The van der Waals surface area contributed by atoms with E-state index in [1.807, 2.05) is 31.2 Å². The molecule has 0 aliphatic carbocycles. The third kappa shape index (κ3) is 4.56. The number of hydrogen-bond acceptors (Lipinski definition) is 4. The molecule has 6 nitrogen and oxygen atoms in total. The predicted octanol–water partition coefficient (Wildman–Crippen LogP) is 4.08. The smallest absolute Gasteiger partial charge is 0.265 e. The van der Waals surface area contributed by atoms with Gasteiger partial charge < -0.3 is 9.64 Å². The van der Waals surface area contributed by atoms with Crippen molar-refractivity contribution in [2.75, 3.05) is 17.9 Å². The summed E-state index contributed by atoms with van der Waals surface area (Å²) in [6.45, 7) is 3.25. The summed E-state index contributed by atoms with van der Waals surface area (Å²) in [4.78, 5) is 14.7. The second-order valence-corrected chi connectivity index (χ2v) is 8.96. The summed E-state index contributed by atoms with van der Waals surface area (Å²) in [5.41, 5.74) is 3.16. The molecule has 4 rings (SSSR count). The van der Waals surface area contributed by atoms with E-state index in [1.54, 1.807) is 47.4 Å². The molecule has 3 aromatic rings. The molecule has 0 spiro atoms. The number of fused-ring (bicyclic) bond motifs is 1. The number of nitrogens with zero attached hydrogens (tertiary/aromatic N) is 1. The maximum atomic E-state index is 13.0. The molecule has 0 unspecified atom stereocenters. The van der Waals surface area contributed by atoms with Crippen LogP contribution in [0.15, 0.2) is 77.7 Å². The van der Waals surface area contributed by atoms with Crippen LogP contribution >= 0.6 is 0 Å². The SMILES string of the molecule is CCOc1ccccc1S(=O)(=O)Nc1ccc2c(c1)CN(C(=O)c1ccccc1)CC2. The van der Waals surface area contributed by atoms with Gasteiger partial charge in [-0.15, -0.1) is 0 Å². The lowest BCUT2D eigenvalue weighted by molar-refractivity contribution is 0.0734. The minimum absolute atomic E-state index is 0.0251. The fourth-order valence-electron chi connectivity index (χ4n) is 3.71. The van der Waals surface area contributed by atoms with E-state index in [4.69, 9.17) is 4.74 Å². The maximum Gasteiger partial charge on any atom is 0.265 e. The normalized spacial score (nSPS) is 13.4. The van der Waals surface area contributed by atoms with Crippen LogP contribution in [0.5, 0.6) is 5.75 Å². The first-order valence-electron chi connectivity index (χ1n) is 10.2. The van der Waals surface area contributed by atoms with E-state index in [0.29, 0.717) is 36.7 Å². The fourth-order valence-corrected chi connectivity index (χ4v) is 4.91. The van der Waals surface area contributed by atoms with Gasteiger partial charge in [-0.3, -0.25) is 9.52 Å². The zero-order valence-electron chi connectivity index (χ0n) is 17.2. The number of amides is 1. The van der Waals surface area contributed by atoms with Crippen LogP contribution in [-0.4, -0.2) is 32.4 Å². The molecule has 0 saturated carbocycles. The first kappa shape index (κ1) is 20.9. The summed E-state index contributed by atoms with van der Waals surface area (Å²) >= 11 is 0. The van der Waals surface area contributed by atoms with Gasteiger partial charge in [-0.25, -0.2) is 8.42 Å². The van der Waals surface area contributed by atoms with Crippen LogP contribution in [-0.2, 0) is 23.0 Å². The van der Waals surface area contributed by atoms with Gasteiger partial charge in [-0.05, 0) is 60.9 Å². The first-order valence-corrected chi connectivity index (χ1v) is 11.7. The largest absolute Gasteiger partial charge is 0.492 e. The van der Waals surface area contributed by atoms with Gasteiger partial charge in [0.2, 0.25) is 0 Å². The Hall–Kier alpha value is -3.32. The molecular weight excluding hydrogens is 412 g/mol. The molecule has 1 aliphatic heterocycles. The Morgan fingerprint density at radius 1 is 1.00 bits per heavy atom. The first-order chi connectivity index (χ1) is 15.0. The Labute approximate surface area is 182 Å². The monoisotopic (exact) mass is 436 g/mol. The Balaban J connectivity index is 1.56. The summed E-state index contributed by atoms with van der Waals surface area (Å²) in [6.07, 6.45) is 0.730. The zero-order chi connectivity index (χ0) is 21.8. The summed E-state index contributed by atoms with van der Waals surface area (Å²) in [7, 11) is -3.82. The van der Waals surface area contributed by atoms with Crippen molar-refractivity contribution in [3.63, 3.8) is 0 Å². The molecular formula is C24H24N2O4S. The molecule has 1 heterocycles. The highest BCUT2D eigenvalue weighted by Crippen LogP contribution is 2.28. The van der Waals surface area contributed by atoms with E-state index in [2.05, 4.69) is 4.72 Å². The summed E-state index contributed by atoms with van der Waals surface area (Å²) < 4.78 is 34.1.